The first-order valence-corrected chi connectivity index (χ1v) is 22.3. The molecule has 11 aromatic rings. The summed E-state index contributed by atoms with van der Waals surface area (Å²) >= 11 is 0. The number of hydrogen-bond acceptors (Lipinski definition) is 2. The molecule has 9 aromatic carbocycles. The van der Waals surface area contributed by atoms with Gasteiger partial charge in [0.15, 0.2) is 0 Å². The van der Waals surface area contributed by atoms with Gasteiger partial charge in [0.25, 0.3) is 0 Å². The maximum absolute atomic E-state index is 6.46. The van der Waals surface area contributed by atoms with Crippen molar-refractivity contribution in [1.82, 2.24) is 4.57 Å². The first-order valence-electron chi connectivity index (χ1n) is 22.3. The minimum absolute atomic E-state index is 0.0142. The average Bonchev–Trinajstić information content (AvgIpc) is 3.85. The molecule has 2 aliphatic rings. The lowest BCUT2D eigenvalue weighted by atomic mass is 9.87. The molecule has 2 aliphatic carbocycles. The van der Waals surface area contributed by atoms with E-state index >= 15 is 0 Å². The molecule has 2 atom stereocenters. The van der Waals surface area contributed by atoms with E-state index in [1.165, 1.54) is 55.3 Å². The Balaban J connectivity index is 0.871. The zero-order valence-corrected chi connectivity index (χ0v) is 35.1. The van der Waals surface area contributed by atoms with Crippen LogP contribution in [0, 0.1) is 5.92 Å². The normalized spacial score (nSPS) is 16.6. The van der Waals surface area contributed by atoms with Crippen molar-refractivity contribution < 1.29 is 4.42 Å². The van der Waals surface area contributed by atoms with Crippen molar-refractivity contribution in [2.45, 2.75) is 11.8 Å². The number of nitrogens with zero attached hydrogens (tertiary/aromatic N) is 2. The molecule has 0 amide bonds. The zero-order chi connectivity index (χ0) is 42.2. The number of anilines is 2. The highest BCUT2D eigenvalue weighted by molar-refractivity contribution is 6.10. The summed E-state index contributed by atoms with van der Waals surface area (Å²) in [4.78, 5) is 2.42. The van der Waals surface area contributed by atoms with Gasteiger partial charge < -0.3 is 13.9 Å². The third kappa shape index (κ3) is 5.89. The lowest BCUT2D eigenvalue weighted by Gasteiger charge is -2.29. The van der Waals surface area contributed by atoms with Crippen LogP contribution in [-0.2, 0) is 5.41 Å². The van der Waals surface area contributed by atoms with Crippen LogP contribution < -0.4 is 4.90 Å². The Bertz CT molecular complexity index is 3590. The highest BCUT2D eigenvalue weighted by atomic mass is 16.3. The van der Waals surface area contributed by atoms with Gasteiger partial charge in [0.1, 0.15) is 11.2 Å². The van der Waals surface area contributed by atoms with Crippen LogP contribution in [0.2, 0.25) is 0 Å². The quantitative estimate of drug-likeness (QED) is 0.152. The number of benzene rings is 9. The maximum Gasteiger partial charge on any atom is 0.143 e. The molecule has 2 unspecified atom stereocenters. The number of para-hydroxylation sites is 4. The van der Waals surface area contributed by atoms with E-state index in [0.29, 0.717) is 5.92 Å². The average molecular weight is 819 g/mol. The molecule has 0 N–H and O–H groups in total. The van der Waals surface area contributed by atoms with Gasteiger partial charge >= 0.3 is 0 Å². The van der Waals surface area contributed by atoms with Crippen LogP contribution in [-0.4, -0.2) is 4.57 Å². The van der Waals surface area contributed by atoms with E-state index < -0.39 is 0 Å². The Morgan fingerprint density at radius 3 is 1.78 bits per heavy atom. The Hall–Kier alpha value is -8.14. The van der Waals surface area contributed by atoms with Crippen molar-refractivity contribution in [3.8, 4) is 39.1 Å². The van der Waals surface area contributed by atoms with Gasteiger partial charge in [-0.25, -0.2) is 0 Å². The number of hydrogen-bond donors (Lipinski definition) is 0. The molecule has 1 fully saturated rings. The molecule has 2 heterocycles. The first kappa shape index (κ1) is 36.5. The second-order valence-corrected chi connectivity index (χ2v) is 17.4. The van der Waals surface area contributed by atoms with Gasteiger partial charge in [-0.3, -0.25) is 0 Å². The Labute approximate surface area is 372 Å². The van der Waals surface area contributed by atoms with E-state index in [1.807, 2.05) is 12.1 Å². The molecule has 1 saturated carbocycles. The SMILES string of the molecule is C1=CC2(c3cccc(-c4ccccc4)c3)CC2C=C1N(c1ccc(-c2cccc(-n3c4ccccc4c4ccccc43)c2)cc1)c1ccc(-c2cccc3c2oc2ccccc23)cc1. The fraction of sp³-hybridized carbons (Fsp3) is 0.0492. The molecule has 13 rings (SSSR count). The highest BCUT2D eigenvalue weighted by Gasteiger charge is 2.53. The van der Waals surface area contributed by atoms with Gasteiger partial charge in [-0.1, -0.05) is 176 Å². The summed E-state index contributed by atoms with van der Waals surface area (Å²) in [5, 5.41) is 4.81. The van der Waals surface area contributed by atoms with Gasteiger partial charge in [0, 0.05) is 55.3 Å². The van der Waals surface area contributed by atoms with Crippen LogP contribution in [0.5, 0.6) is 0 Å². The molecule has 2 aromatic heterocycles. The summed E-state index contributed by atoms with van der Waals surface area (Å²) in [6.45, 7) is 0. The predicted molar refractivity (Wildman–Crippen MR) is 266 cm³/mol. The van der Waals surface area contributed by atoms with E-state index in [2.05, 4.69) is 234 Å². The van der Waals surface area contributed by atoms with Crippen molar-refractivity contribution in [2.75, 3.05) is 4.90 Å². The second-order valence-electron chi connectivity index (χ2n) is 17.4. The lowest BCUT2D eigenvalue weighted by molar-refractivity contribution is 0.670. The molecule has 0 spiro atoms. The van der Waals surface area contributed by atoms with E-state index in [-0.39, 0.29) is 5.41 Å². The molecular formula is C61H42N2O. The number of fused-ring (bicyclic) bond motifs is 7. The lowest BCUT2D eigenvalue weighted by Crippen LogP contribution is -2.19. The smallest absolute Gasteiger partial charge is 0.143 e. The summed E-state index contributed by atoms with van der Waals surface area (Å²) in [5.41, 5.74) is 17.3. The fourth-order valence-electron chi connectivity index (χ4n) is 10.4. The molecule has 0 bridgehead atoms. The summed E-state index contributed by atoms with van der Waals surface area (Å²) < 4.78 is 8.85. The third-order valence-electron chi connectivity index (χ3n) is 13.7. The van der Waals surface area contributed by atoms with Crippen LogP contribution in [0.3, 0.4) is 0 Å². The summed E-state index contributed by atoms with van der Waals surface area (Å²) in [6, 6.07) is 79.0. The molecule has 0 radical (unpaired) electrons. The zero-order valence-electron chi connectivity index (χ0n) is 35.1. The molecule has 0 saturated heterocycles. The third-order valence-corrected chi connectivity index (χ3v) is 13.7. The van der Waals surface area contributed by atoms with Crippen LogP contribution in [0.4, 0.5) is 11.4 Å². The number of rotatable bonds is 8. The second kappa shape index (κ2) is 14.5. The van der Waals surface area contributed by atoms with Crippen LogP contribution >= 0.6 is 0 Å². The van der Waals surface area contributed by atoms with Crippen molar-refractivity contribution in [3.05, 3.63) is 248 Å². The molecular weight excluding hydrogens is 777 g/mol. The molecule has 0 aliphatic heterocycles. The Kier molecular flexibility index (Phi) is 8.26. The summed E-state index contributed by atoms with van der Waals surface area (Å²) in [6.07, 6.45) is 8.42. The Morgan fingerprint density at radius 1 is 0.469 bits per heavy atom. The Morgan fingerprint density at radius 2 is 1.05 bits per heavy atom. The van der Waals surface area contributed by atoms with Crippen molar-refractivity contribution in [1.29, 1.82) is 0 Å². The van der Waals surface area contributed by atoms with Crippen LogP contribution in [0.15, 0.2) is 247 Å². The first-order chi connectivity index (χ1) is 31.7. The topological polar surface area (TPSA) is 21.3 Å². The van der Waals surface area contributed by atoms with Gasteiger partial charge in [-0.2, -0.15) is 0 Å². The number of furan rings is 1. The molecule has 302 valence electrons. The predicted octanol–water partition coefficient (Wildman–Crippen LogP) is 16.2. The largest absolute Gasteiger partial charge is 0.455 e. The van der Waals surface area contributed by atoms with Crippen molar-refractivity contribution in [2.24, 2.45) is 5.92 Å². The molecule has 3 nitrogen and oxygen atoms in total. The van der Waals surface area contributed by atoms with Crippen LogP contribution in [0.1, 0.15) is 12.0 Å². The van der Waals surface area contributed by atoms with E-state index in [4.69, 9.17) is 4.42 Å². The van der Waals surface area contributed by atoms with Gasteiger partial charge in [0.05, 0.1) is 11.0 Å². The number of allylic oxidation sites excluding steroid dienone is 3. The van der Waals surface area contributed by atoms with Crippen molar-refractivity contribution >= 4 is 55.1 Å². The minimum atomic E-state index is 0.0142. The minimum Gasteiger partial charge on any atom is -0.455 e. The van der Waals surface area contributed by atoms with E-state index in [0.717, 1.165) is 56.5 Å². The van der Waals surface area contributed by atoms with Gasteiger partial charge in [-0.05, 0) is 106 Å². The van der Waals surface area contributed by atoms with Crippen LogP contribution in [0.25, 0.3) is 82.8 Å². The van der Waals surface area contributed by atoms with E-state index in [1.54, 1.807) is 0 Å². The molecule has 64 heavy (non-hydrogen) atoms. The van der Waals surface area contributed by atoms with Gasteiger partial charge in [-0.15, -0.1) is 0 Å². The monoisotopic (exact) mass is 818 g/mol. The van der Waals surface area contributed by atoms with E-state index in [9.17, 15) is 0 Å². The van der Waals surface area contributed by atoms with Crippen molar-refractivity contribution in [3.63, 3.8) is 0 Å². The fourth-order valence-corrected chi connectivity index (χ4v) is 10.4. The van der Waals surface area contributed by atoms with Gasteiger partial charge in [0.2, 0.25) is 0 Å². The summed E-state index contributed by atoms with van der Waals surface area (Å²) in [5.74, 6) is 0.411. The number of aromatic nitrogens is 1. The maximum atomic E-state index is 6.46. The highest BCUT2D eigenvalue weighted by Crippen LogP contribution is 2.59. The standard InChI is InChI=1S/C61H42N2O/c1-2-13-41(14-3-1)44-15-10-17-46(37-44)61-36-35-51(39-47(61)40-61)62(49-33-29-43(30-34-49)52-22-12-23-56-55-21-6-9-26-59(55)64-60(52)56)48-31-27-42(28-32-48)45-16-11-18-50(38-45)63-57-24-7-4-19-53(57)54-20-5-8-25-58(54)63/h1-39,47H,40H2. The summed E-state index contributed by atoms with van der Waals surface area (Å²) in [7, 11) is 0. The molecule has 3 heteroatoms.